The number of carboxylic acid groups (broad SMARTS) is 1. The minimum Gasteiger partial charge on any atom is -0.540 e. The molecule has 0 saturated carbocycles. The zero-order valence-corrected chi connectivity index (χ0v) is 16.8. The van der Waals surface area contributed by atoms with Crippen LogP contribution in [0, 0.1) is 6.92 Å². The second-order valence-corrected chi connectivity index (χ2v) is 12.6. The van der Waals surface area contributed by atoms with E-state index in [1.54, 1.807) is 6.20 Å². The molecule has 7 heteroatoms. The average Bonchev–Trinajstić information content (AvgIpc) is 2.40. The maximum absolute atomic E-state index is 11.6. The third kappa shape index (κ3) is 3.40. The van der Waals surface area contributed by atoms with Crippen LogP contribution in [0.3, 0.4) is 0 Å². The Morgan fingerprint density at radius 2 is 1.96 bits per heavy atom. The van der Waals surface area contributed by atoms with E-state index in [1.807, 2.05) is 13.0 Å². The Kier molecular flexibility index (Phi) is 4.56. The number of nitrogens with zero attached hydrogens (tertiary/aromatic N) is 2. The van der Waals surface area contributed by atoms with Crippen molar-refractivity contribution in [3.8, 4) is 5.75 Å². The lowest BCUT2D eigenvalue weighted by Gasteiger charge is -2.36. The molecular formula is C16H21BrN2O3Si. The minimum absolute atomic E-state index is 0.0626. The summed E-state index contributed by atoms with van der Waals surface area (Å²) in [6.45, 7) is 12.4. The van der Waals surface area contributed by atoms with Crippen LogP contribution in [0.1, 0.15) is 36.8 Å². The number of pyridine rings is 2. The van der Waals surface area contributed by atoms with Crippen molar-refractivity contribution in [2.45, 2.75) is 45.8 Å². The highest BCUT2D eigenvalue weighted by molar-refractivity contribution is 9.10. The van der Waals surface area contributed by atoms with Crippen molar-refractivity contribution in [3.05, 3.63) is 28.1 Å². The predicted molar refractivity (Wildman–Crippen MR) is 96.8 cm³/mol. The van der Waals surface area contributed by atoms with Gasteiger partial charge in [0.05, 0.1) is 0 Å². The molecule has 0 unspecified atom stereocenters. The van der Waals surface area contributed by atoms with E-state index in [2.05, 4.69) is 59.8 Å². The summed E-state index contributed by atoms with van der Waals surface area (Å²) >= 11 is 3.34. The average molecular weight is 397 g/mol. The number of carboxylic acids is 1. The third-order valence-electron chi connectivity index (χ3n) is 4.25. The van der Waals surface area contributed by atoms with E-state index in [-0.39, 0.29) is 16.5 Å². The smallest absolute Gasteiger partial charge is 0.358 e. The topological polar surface area (TPSA) is 72.3 Å². The molecule has 0 aromatic carbocycles. The lowest BCUT2D eigenvalue weighted by Crippen LogP contribution is -2.44. The van der Waals surface area contributed by atoms with Crippen molar-refractivity contribution in [1.29, 1.82) is 0 Å². The largest absolute Gasteiger partial charge is 0.540 e. The van der Waals surface area contributed by atoms with Crippen LogP contribution >= 0.6 is 15.9 Å². The van der Waals surface area contributed by atoms with Gasteiger partial charge in [-0.25, -0.2) is 9.78 Å². The number of hydrogen-bond acceptors (Lipinski definition) is 4. The fraction of sp³-hybridized carbons (Fsp3) is 0.438. The number of hydrogen-bond donors (Lipinski definition) is 1. The number of aromatic carboxylic acids is 1. The molecule has 0 aliphatic rings. The number of aromatic nitrogens is 2. The van der Waals surface area contributed by atoms with Gasteiger partial charge >= 0.3 is 5.97 Å². The molecule has 0 aliphatic carbocycles. The van der Waals surface area contributed by atoms with Gasteiger partial charge < -0.3 is 9.53 Å². The highest BCUT2D eigenvalue weighted by Gasteiger charge is 2.40. The lowest BCUT2D eigenvalue weighted by molar-refractivity contribution is 0.0688. The zero-order chi connectivity index (χ0) is 17.6. The van der Waals surface area contributed by atoms with Crippen molar-refractivity contribution in [2.75, 3.05) is 0 Å². The van der Waals surface area contributed by atoms with Gasteiger partial charge in [0.15, 0.2) is 11.4 Å². The summed E-state index contributed by atoms with van der Waals surface area (Å²) in [6, 6.07) is 1.92. The molecule has 1 N–H and O–H groups in total. The first-order chi connectivity index (χ1) is 10.4. The van der Waals surface area contributed by atoms with Gasteiger partial charge in [-0.3, -0.25) is 4.98 Å². The Bertz CT molecular complexity index is 785. The van der Waals surface area contributed by atoms with E-state index in [0.717, 1.165) is 10.9 Å². The number of carbonyl (C=O) groups is 1. The quantitative estimate of drug-likeness (QED) is 0.596. The fourth-order valence-corrected chi connectivity index (χ4v) is 3.37. The van der Waals surface area contributed by atoms with Crippen LogP contribution in [0.5, 0.6) is 5.75 Å². The van der Waals surface area contributed by atoms with E-state index in [4.69, 9.17) is 4.43 Å². The standard InChI is InChI=1S/C16H21BrN2O3Si/c1-9-7-10-11(18-8-9)13(12(15(20)21)19-14(10)17)22-23(5,6)16(2,3)4/h7-8H,1-6H3,(H,20,21). The molecule has 0 spiro atoms. The molecule has 0 fully saturated rings. The SMILES string of the molecule is Cc1cnc2c(O[Si](C)(C)C(C)(C)C)c(C(=O)O)nc(Br)c2c1. The first kappa shape index (κ1) is 17.9. The predicted octanol–water partition coefficient (Wildman–Crippen LogP) is 4.78. The van der Waals surface area contributed by atoms with Crippen LogP contribution in [-0.4, -0.2) is 29.4 Å². The van der Waals surface area contributed by atoms with Gasteiger partial charge in [0, 0.05) is 11.6 Å². The Labute approximate surface area is 145 Å². The van der Waals surface area contributed by atoms with E-state index in [9.17, 15) is 9.90 Å². The van der Waals surface area contributed by atoms with Crippen LogP contribution in [0.15, 0.2) is 16.9 Å². The van der Waals surface area contributed by atoms with Crippen LogP contribution < -0.4 is 4.43 Å². The minimum atomic E-state index is -2.23. The van der Waals surface area contributed by atoms with Gasteiger partial charge in [-0.15, -0.1) is 0 Å². The van der Waals surface area contributed by atoms with Crippen LogP contribution in [0.4, 0.5) is 0 Å². The van der Waals surface area contributed by atoms with Crippen molar-refractivity contribution >= 4 is 41.1 Å². The summed E-state index contributed by atoms with van der Waals surface area (Å²) in [5.41, 5.74) is 1.40. The maximum Gasteiger partial charge on any atom is 0.358 e. The number of fused-ring (bicyclic) bond motifs is 1. The molecule has 0 saturated heterocycles. The third-order valence-corrected chi connectivity index (χ3v) is 9.18. The number of halogens is 1. The Hall–Kier alpha value is -1.47. The number of rotatable bonds is 3. The molecule has 0 atom stereocenters. The molecule has 0 bridgehead atoms. The van der Waals surface area contributed by atoms with E-state index in [1.165, 1.54) is 0 Å². The Balaban J connectivity index is 2.77. The summed E-state index contributed by atoms with van der Waals surface area (Å²) in [5, 5.41) is 10.2. The summed E-state index contributed by atoms with van der Waals surface area (Å²) < 4.78 is 6.74. The molecule has 2 aromatic rings. The summed E-state index contributed by atoms with van der Waals surface area (Å²) in [6.07, 6.45) is 1.71. The van der Waals surface area contributed by atoms with Crippen LogP contribution in [0.25, 0.3) is 10.9 Å². The second-order valence-electron chi connectivity index (χ2n) is 7.16. The van der Waals surface area contributed by atoms with Gasteiger partial charge in [0.2, 0.25) is 0 Å². The molecule has 0 radical (unpaired) electrons. The van der Waals surface area contributed by atoms with E-state index >= 15 is 0 Å². The highest BCUT2D eigenvalue weighted by Crippen LogP contribution is 2.40. The van der Waals surface area contributed by atoms with Gasteiger partial charge in [-0.05, 0) is 52.6 Å². The summed E-state index contributed by atoms with van der Waals surface area (Å²) in [4.78, 5) is 20.2. The van der Waals surface area contributed by atoms with Gasteiger partial charge in [-0.1, -0.05) is 20.8 Å². The number of aryl methyl sites for hydroxylation is 1. The maximum atomic E-state index is 11.6. The second kappa shape index (κ2) is 5.87. The van der Waals surface area contributed by atoms with Gasteiger partial charge in [0.1, 0.15) is 10.1 Å². The lowest BCUT2D eigenvalue weighted by atomic mass is 10.2. The monoisotopic (exact) mass is 396 g/mol. The molecule has 0 aliphatic heterocycles. The highest BCUT2D eigenvalue weighted by atomic mass is 79.9. The molecule has 2 rings (SSSR count). The zero-order valence-electron chi connectivity index (χ0n) is 14.2. The van der Waals surface area contributed by atoms with Gasteiger partial charge in [-0.2, -0.15) is 0 Å². The molecule has 124 valence electrons. The van der Waals surface area contributed by atoms with Crippen LogP contribution in [0.2, 0.25) is 18.1 Å². The first-order valence-electron chi connectivity index (χ1n) is 7.32. The fourth-order valence-electron chi connectivity index (χ4n) is 1.88. The molecule has 0 amide bonds. The van der Waals surface area contributed by atoms with Gasteiger partial charge in [0.25, 0.3) is 8.32 Å². The molecule has 23 heavy (non-hydrogen) atoms. The first-order valence-corrected chi connectivity index (χ1v) is 11.0. The Morgan fingerprint density at radius 3 is 2.48 bits per heavy atom. The van der Waals surface area contributed by atoms with Crippen molar-refractivity contribution < 1.29 is 14.3 Å². The Morgan fingerprint density at radius 1 is 1.35 bits per heavy atom. The normalized spacial score (nSPS) is 12.5. The van der Waals surface area contributed by atoms with Crippen LogP contribution in [-0.2, 0) is 0 Å². The van der Waals surface area contributed by atoms with Crippen molar-refractivity contribution in [3.63, 3.8) is 0 Å². The molecular weight excluding hydrogens is 376 g/mol. The summed E-state index contributed by atoms with van der Waals surface area (Å²) in [7, 11) is -2.23. The van der Waals surface area contributed by atoms with Crippen molar-refractivity contribution in [2.24, 2.45) is 0 Å². The van der Waals surface area contributed by atoms with E-state index in [0.29, 0.717) is 10.1 Å². The molecule has 5 nitrogen and oxygen atoms in total. The molecule has 2 heterocycles. The van der Waals surface area contributed by atoms with Crippen molar-refractivity contribution in [1.82, 2.24) is 9.97 Å². The molecule has 2 aromatic heterocycles. The summed E-state index contributed by atoms with van der Waals surface area (Å²) in [5.74, 6) is -0.856. The van der Waals surface area contributed by atoms with E-state index < -0.39 is 14.3 Å².